The van der Waals surface area contributed by atoms with Crippen molar-refractivity contribution in [1.29, 1.82) is 0 Å². The van der Waals surface area contributed by atoms with Gasteiger partial charge in [0.2, 0.25) is 0 Å². The highest BCUT2D eigenvalue weighted by atomic mass is 16.1. The van der Waals surface area contributed by atoms with Gasteiger partial charge in [0, 0.05) is 18.2 Å². The fraction of sp³-hybridized carbons (Fsp3) is 0.375. The van der Waals surface area contributed by atoms with Gasteiger partial charge in [0.15, 0.2) is 0 Å². The summed E-state index contributed by atoms with van der Waals surface area (Å²) in [7, 11) is 0. The average Bonchev–Trinajstić information content (AvgIpc) is 2.96. The van der Waals surface area contributed by atoms with Crippen molar-refractivity contribution in [3.63, 3.8) is 0 Å². The molecule has 1 atom stereocenters. The van der Waals surface area contributed by atoms with E-state index in [4.69, 9.17) is 0 Å². The summed E-state index contributed by atoms with van der Waals surface area (Å²) >= 11 is 0. The summed E-state index contributed by atoms with van der Waals surface area (Å²) in [6.07, 6.45) is 0.961. The SMILES string of the molecule is Cc1ccc(C)c(-c2ccc(=O)n(C3CCNC3)n2)c1. The summed E-state index contributed by atoms with van der Waals surface area (Å²) in [5.41, 5.74) is 4.33. The Morgan fingerprint density at radius 2 is 2.10 bits per heavy atom. The second-order valence-corrected chi connectivity index (χ2v) is 5.47. The van der Waals surface area contributed by atoms with Crippen LogP contribution in [0.4, 0.5) is 0 Å². The number of aromatic nitrogens is 2. The summed E-state index contributed by atoms with van der Waals surface area (Å²) in [5, 5.41) is 7.87. The van der Waals surface area contributed by atoms with E-state index in [0.717, 1.165) is 30.8 Å². The number of benzene rings is 1. The molecule has 20 heavy (non-hydrogen) atoms. The van der Waals surface area contributed by atoms with Crippen LogP contribution in [0.5, 0.6) is 0 Å². The van der Waals surface area contributed by atoms with Crippen LogP contribution in [0.25, 0.3) is 11.3 Å². The molecule has 1 fully saturated rings. The van der Waals surface area contributed by atoms with Gasteiger partial charge in [0.05, 0.1) is 11.7 Å². The van der Waals surface area contributed by atoms with Gasteiger partial charge in [0.1, 0.15) is 0 Å². The molecule has 1 aromatic heterocycles. The topological polar surface area (TPSA) is 46.9 Å². The van der Waals surface area contributed by atoms with E-state index in [-0.39, 0.29) is 11.6 Å². The van der Waals surface area contributed by atoms with Gasteiger partial charge in [-0.25, -0.2) is 4.68 Å². The summed E-state index contributed by atoms with van der Waals surface area (Å²) < 4.78 is 1.64. The molecule has 0 spiro atoms. The fourth-order valence-electron chi connectivity index (χ4n) is 2.69. The van der Waals surface area contributed by atoms with Crippen molar-refractivity contribution >= 4 is 0 Å². The highest BCUT2D eigenvalue weighted by Gasteiger charge is 2.19. The fourth-order valence-corrected chi connectivity index (χ4v) is 2.69. The lowest BCUT2D eigenvalue weighted by Gasteiger charge is -2.13. The summed E-state index contributed by atoms with van der Waals surface area (Å²) in [6.45, 7) is 5.92. The predicted octanol–water partition coefficient (Wildman–Crippen LogP) is 2.06. The molecule has 1 N–H and O–H groups in total. The van der Waals surface area contributed by atoms with Gasteiger partial charge in [-0.15, -0.1) is 0 Å². The molecule has 0 amide bonds. The molecular formula is C16H19N3O. The second-order valence-electron chi connectivity index (χ2n) is 5.47. The predicted molar refractivity (Wildman–Crippen MR) is 79.9 cm³/mol. The van der Waals surface area contributed by atoms with Crippen molar-refractivity contribution in [3.8, 4) is 11.3 Å². The molecule has 1 aliphatic rings. The Labute approximate surface area is 118 Å². The number of hydrogen-bond acceptors (Lipinski definition) is 3. The van der Waals surface area contributed by atoms with Gasteiger partial charge in [-0.3, -0.25) is 4.79 Å². The molecule has 3 rings (SSSR count). The first-order valence-electron chi connectivity index (χ1n) is 7.03. The number of aryl methyl sites for hydroxylation is 2. The minimum absolute atomic E-state index is 0.0206. The van der Waals surface area contributed by atoms with Gasteiger partial charge >= 0.3 is 0 Å². The molecule has 0 radical (unpaired) electrons. The maximum Gasteiger partial charge on any atom is 0.267 e. The van der Waals surface area contributed by atoms with E-state index in [9.17, 15) is 4.79 Å². The first-order valence-corrected chi connectivity index (χ1v) is 7.03. The average molecular weight is 269 g/mol. The van der Waals surface area contributed by atoms with Crippen LogP contribution in [0.2, 0.25) is 0 Å². The Hall–Kier alpha value is -1.94. The molecule has 1 saturated heterocycles. The lowest BCUT2D eigenvalue weighted by molar-refractivity contribution is 0.467. The highest BCUT2D eigenvalue weighted by Crippen LogP contribution is 2.22. The van der Waals surface area contributed by atoms with E-state index in [1.165, 1.54) is 11.1 Å². The third kappa shape index (κ3) is 2.39. The molecule has 4 heteroatoms. The van der Waals surface area contributed by atoms with E-state index in [0.29, 0.717) is 0 Å². The van der Waals surface area contributed by atoms with Gasteiger partial charge < -0.3 is 5.32 Å². The van der Waals surface area contributed by atoms with Gasteiger partial charge in [-0.1, -0.05) is 17.7 Å². The minimum atomic E-state index is -0.0206. The number of nitrogens with one attached hydrogen (secondary N) is 1. The quantitative estimate of drug-likeness (QED) is 0.907. The van der Waals surface area contributed by atoms with E-state index >= 15 is 0 Å². The van der Waals surface area contributed by atoms with Crippen LogP contribution in [0.3, 0.4) is 0 Å². The van der Waals surface area contributed by atoms with Crippen molar-refractivity contribution < 1.29 is 0 Å². The van der Waals surface area contributed by atoms with Crippen molar-refractivity contribution in [2.24, 2.45) is 0 Å². The van der Waals surface area contributed by atoms with Gasteiger partial charge in [0.25, 0.3) is 5.56 Å². The lowest BCUT2D eigenvalue weighted by atomic mass is 10.0. The van der Waals surface area contributed by atoms with Crippen LogP contribution in [-0.2, 0) is 0 Å². The summed E-state index contributed by atoms with van der Waals surface area (Å²) in [4.78, 5) is 12.0. The largest absolute Gasteiger partial charge is 0.315 e. The standard InChI is InChI=1S/C16H19N3O/c1-11-3-4-12(2)14(9-11)15-5-6-16(20)19(18-15)13-7-8-17-10-13/h3-6,9,13,17H,7-8,10H2,1-2H3. The van der Waals surface area contributed by atoms with Crippen LogP contribution in [0, 0.1) is 13.8 Å². The Morgan fingerprint density at radius 1 is 1.25 bits per heavy atom. The van der Waals surface area contributed by atoms with Crippen molar-refractivity contribution in [3.05, 3.63) is 51.8 Å². The molecule has 104 valence electrons. The number of hydrogen-bond donors (Lipinski definition) is 1. The first kappa shape index (κ1) is 13.1. The summed E-state index contributed by atoms with van der Waals surface area (Å²) in [5.74, 6) is 0. The van der Waals surface area contributed by atoms with Crippen LogP contribution < -0.4 is 10.9 Å². The van der Waals surface area contributed by atoms with E-state index in [1.54, 1.807) is 10.7 Å². The van der Waals surface area contributed by atoms with Gasteiger partial charge in [-0.05, 0) is 44.5 Å². The van der Waals surface area contributed by atoms with Crippen LogP contribution in [0.15, 0.2) is 35.1 Å². The second kappa shape index (κ2) is 5.21. The normalized spacial score (nSPS) is 18.4. The number of nitrogens with zero attached hydrogens (tertiary/aromatic N) is 2. The monoisotopic (exact) mass is 269 g/mol. The zero-order valence-electron chi connectivity index (χ0n) is 11.9. The molecule has 0 aliphatic carbocycles. The van der Waals surface area contributed by atoms with E-state index in [1.807, 2.05) is 6.07 Å². The minimum Gasteiger partial charge on any atom is -0.315 e. The molecule has 4 nitrogen and oxygen atoms in total. The molecular weight excluding hydrogens is 250 g/mol. The summed E-state index contributed by atoms with van der Waals surface area (Å²) in [6, 6.07) is 9.94. The maximum atomic E-state index is 12.0. The molecule has 0 saturated carbocycles. The highest BCUT2D eigenvalue weighted by molar-refractivity contribution is 5.63. The smallest absolute Gasteiger partial charge is 0.267 e. The Balaban J connectivity index is 2.08. The van der Waals surface area contributed by atoms with Crippen molar-refractivity contribution in [2.75, 3.05) is 13.1 Å². The molecule has 0 bridgehead atoms. The van der Waals surface area contributed by atoms with Gasteiger partial charge in [-0.2, -0.15) is 5.10 Å². The Kier molecular flexibility index (Phi) is 3.40. The Morgan fingerprint density at radius 3 is 2.85 bits per heavy atom. The van der Waals surface area contributed by atoms with Crippen molar-refractivity contribution in [1.82, 2.24) is 15.1 Å². The number of rotatable bonds is 2. The third-order valence-corrected chi connectivity index (χ3v) is 3.87. The molecule has 2 aromatic rings. The first-order chi connectivity index (χ1) is 9.65. The zero-order valence-corrected chi connectivity index (χ0v) is 11.9. The van der Waals surface area contributed by atoms with Crippen LogP contribution in [-0.4, -0.2) is 22.9 Å². The van der Waals surface area contributed by atoms with Crippen LogP contribution >= 0.6 is 0 Å². The third-order valence-electron chi connectivity index (χ3n) is 3.87. The molecule has 2 heterocycles. The van der Waals surface area contributed by atoms with Crippen molar-refractivity contribution in [2.45, 2.75) is 26.3 Å². The molecule has 1 aliphatic heterocycles. The molecule has 1 unspecified atom stereocenters. The zero-order chi connectivity index (χ0) is 14.1. The lowest BCUT2D eigenvalue weighted by Crippen LogP contribution is -2.28. The molecule has 1 aromatic carbocycles. The Bertz CT molecular complexity index is 684. The van der Waals surface area contributed by atoms with Crippen LogP contribution in [0.1, 0.15) is 23.6 Å². The maximum absolute atomic E-state index is 12.0. The van der Waals surface area contributed by atoms with E-state index in [2.05, 4.69) is 42.5 Å². The van der Waals surface area contributed by atoms with E-state index < -0.39 is 0 Å².